The highest BCUT2D eigenvalue weighted by molar-refractivity contribution is 6.59. The Hall–Kier alpha value is -2.07. The van der Waals surface area contributed by atoms with Crippen LogP contribution in [0.5, 0.6) is 0 Å². The number of carbonyl (C=O) groups excluding carboxylic acids is 1. The van der Waals surface area contributed by atoms with Crippen molar-refractivity contribution >= 4 is 24.2 Å². The van der Waals surface area contributed by atoms with Gasteiger partial charge in [0.25, 0.3) is 0 Å². The number of benzene rings is 1. The molecule has 28 heavy (non-hydrogen) atoms. The molecule has 0 saturated carbocycles. The molecule has 0 radical (unpaired) electrons. The van der Waals surface area contributed by atoms with Gasteiger partial charge in [0.05, 0.1) is 17.8 Å². The van der Waals surface area contributed by atoms with Crippen LogP contribution in [0.2, 0.25) is 0 Å². The van der Waals surface area contributed by atoms with Gasteiger partial charge in [-0.05, 0) is 11.5 Å². The lowest BCUT2D eigenvalue weighted by Crippen LogP contribution is -2.45. The Morgan fingerprint density at radius 3 is 1.75 bits per heavy atom. The summed E-state index contributed by atoms with van der Waals surface area (Å²) in [6.45, 7) is -1.08. The fourth-order valence-electron chi connectivity index (χ4n) is 2.01. The molecule has 0 aliphatic heterocycles. The summed E-state index contributed by atoms with van der Waals surface area (Å²) in [4.78, 5) is 11.3. The minimum atomic E-state index is -6.44. The molecule has 0 atom stereocenters. The summed E-state index contributed by atoms with van der Waals surface area (Å²) in [6.07, 6.45) is -12.8. The monoisotopic (exact) mass is 430 g/mol. The third-order valence-corrected chi connectivity index (χ3v) is 3.30. The van der Waals surface area contributed by atoms with Gasteiger partial charge in [0.1, 0.15) is 0 Å². The number of carbonyl (C=O) groups is 1. The van der Waals surface area contributed by atoms with Crippen LogP contribution in [0, 0.1) is 0 Å². The number of amides is 1. The van der Waals surface area contributed by atoms with E-state index in [9.17, 15) is 48.7 Å². The van der Waals surface area contributed by atoms with Crippen molar-refractivity contribution in [1.29, 1.82) is 0 Å². The van der Waals surface area contributed by atoms with Gasteiger partial charge >= 0.3 is 31.3 Å². The number of hydrogen-bond acceptors (Lipinski definition) is 4. The Bertz CT molecular complexity index is 748. The molecule has 5 nitrogen and oxygen atoms in total. The van der Waals surface area contributed by atoms with E-state index < -0.39 is 78.2 Å². The van der Waals surface area contributed by atoms with Crippen molar-refractivity contribution in [2.45, 2.75) is 24.2 Å². The summed E-state index contributed by atoms with van der Waals surface area (Å²) >= 11 is 0. The number of halogens is 10. The van der Waals surface area contributed by atoms with Crippen molar-refractivity contribution < 1.29 is 58.7 Å². The molecule has 5 N–H and O–H groups in total. The fourth-order valence-corrected chi connectivity index (χ4v) is 2.01. The van der Waals surface area contributed by atoms with E-state index in [1.807, 2.05) is 0 Å². The summed E-state index contributed by atoms with van der Waals surface area (Å²) < 4.78 is 130. The molecule has 16 heteroatoms. The van der Waals surface area contributed by atoms with Crippen molar-refractivity contribution in [2.24, 2.45) is 5.73 Å². The van der Waals surface area contributed by atoms with Gasteiger partial charge in [-0.1, -0.05) is 6.07 Å². The van der Waals surface area contributed by atoms with Crippen molar-refractivity contribution in [1.82, 2.24) is 0 Å². The van der Waals surface area contributed by atoms with Gasteiger partial charge in [0.15, 0.2) is 0 Å². The smallest absolute Gasteiger partial charge is 0.423 e. The van der Waals surface area contributed by atoms with Crippen molar-refractivity contribution in [3.05, 3.63) is 23.3 Å². The topological polar surface area (TPSA) is 95.6 Å². The number of nitrogens with two attached hydrogens (primary N) is 1. The van der Waals surface area contributed by atoms with Gasteiger partial charge in [-0.15, -0.1) is 0 Å². The Labute approximate surface area is 149 Å². The average Bonchev–Trinajstić information content (AvgIpc) is 2.51. The van der Waals surface area contributed by atoms with Gasteiger partial charge in [-0.25, -0.2) is 0 Å². The number of anilines is 1. The lowest BCUT2D eigenvalue weighted by atomic mass is 9.73. The highest BCUT2D eigenvalue weighted by atomic mass is 19.4. The van der Waals surface area contributed by atoms with E-state index in [0.29, 0.717) is 0 Å². The average molecular weight is 430 g/mol. The molecule has 0 fully saturated rings. The Morgan fingerprint density at radius 1 is 0.929 bits per heavy atom. The van der Waals surface area contributed by atoms with Crippen LogP contribution in [0.1, 0.15) is 11.1 Å². The third kappa shape index (κ3) is 4.33. The van der Waals surface area contributed by atoms with E-state index >= 15 is 0 Å². The normalized spacial score (nSPS) is 13.5. The maximum atomic E-state index is 13.8. The van der Waals surface area contributed by atoms with E-state index in [-0.39, 0.29) is 0 Å². The van der Waals surface area contributed by atoms with Crippen molar-refractivity contribution in [3.8, 4) is 0 Å². The zero-order valence-corrected chi connectivity index (χ0v) is 13.1. The molecule has 1 amide bonds. The van der Waals surface area contributed by atoms with E-state index in [1.54, 1.807) is 0 Å². The summed E-state index contributed by atoms with van der Waals surface area (Å²) in [5.74, 6) is -13.3. The van der Waals surface area contributed by atoms with E-state index in [2.05, 4.69) is 0 Å². The van der Waals surface area contributed by atoms with Gasteiger partial charge in [0.2, 0.25) is 5.91 Å². The predicted octanol–water partition coefficient (Wildman–Crippen LogP) is 1.57. The molecular weight excluding hydrogens is 421 g/mol. The molecule has 0 unspecified atom stereocenters. The van der Waals surface area contributed by atoms with Crippen LogP contribution in [0.25, 0.3) is 0 Å². The zero-order chi connectivity index (χ0) is 22.3. The lowest BCUT2D eigenvalue weighted by molar-refractivity contribution is -0.290. The summed E-state index contributed by atoms with van der Waals surface area (Å²) in [5.41, 5.74) is -3.74. The first-order valence-corrected chi connectivity index (χ1v) is 6.82. The molecule has 1 aromatic rings. The largest absolute Gasteiger partial charge is 0.489 e. The molecule has 0 bridgehead atoms. The van der Waals surface area contributed by atoms with Gasteiger partial charge in [0, 0.05) is 5.56 Å². The second kappa shape index (κ2) is 7.40. The van der Waals surface area contributed by atoms with E-state index in [4.69, 9.17) is 15.8 Å². The van der Waals surface area contributed by atoms with E-state index in [0.717, 1.165) is 0 Å². The molecule has 1 rings (SSSR count). The quantitative estimate of drug-likeness (QED) is 0.422. The van der Waals surface area contributed by atoms with E-state index in [1.165, 1.54) is 5.32 Å². The molecular formula is C12H9BF10N2O3. The van der Waals surface area contributed by atoms with Crippen LogP contribution in [-0.4, -0.2) is 42.0 Å². The van der Waals surface area contributed by atoms with Gasteiger partial charge < -0.3 is 21.1 Å². The Kier molecular flexibility index (Phi) is 6.34. The second-order valence-electron chi connectivity index (χ2n) is 5.26. The minimum Gasteiger partial charge on any atom is -0.423 e. The van der Waals surface area contributed by atoms with Crippen LogP contribution in [0.3, 0.4) is 0 Å². The van der Waals surface area contributed by atoms with Crippen molar-refractivity contribution in [3.63, 3.8) is 0 Å². The minimum absolute atomic E-state index is 0.484. The Balaban J connectivity index is 3.97. The maximum absolute atomic E-state index is 13.8. The van der Waals surface area contributed by atoms with Crippen molar-refractivity contribution in [2.75, 3.05) is 11.9 Å². The van der Waals surface area contributed by atoms with Crippen LogP contribution in [-0.2, 0) is 16.6 Å². The van der Waals surface area contributed by atoms with Crippen LogP contribution < -0.4 is 16.5 Å². The molecule has 158 valence electrons. The molecule has 0 spiro atoms. The molecule has 0 aliphatic carbocycles. The highest BCUT2D eigenvalue weighted by Crippen LogP contribution is 2.49. The third-order valence-electron chi connectivity index (χ3n) is 3.30. The molecule has 0 aromatic heterocycles. The first-order chi connectivity index (χ1) is 12.4. The zero-order valence-electron chi connectivity index (χ0n) is 13.1. The Morgan fingerprint density at radius 2 is 1.39 bits per heavy atom. The molecule has 1 aromatic carbocycles. The first kappa shape index (κ1) is 24.0. The summed E-state index contributed by atoms with van der Waals surface area (Å²) in [7, 11) is -3.33. The summed E-state index contributed by atoms with van der Waals surface area (Å²) in [5, 5.41) is 19.3. The second-order valence-corrected chi connectivity index (χ2v) is 5.26. The number of alkyl halides is 10. The fraction of sp³-hybridized carbons (Fsp3) is 0.417. The van der Waals surface area contributed by atoms with Gasteiger partial charge in [-0.2, -0.15) is 43.9 Å². The highest BCUT2D eigenvalue weighted by Gasteiger charge is 2.63. The number of nitrogens with one attached hydrogen (secondary N) is 1. The first-order valence-electron chi connectivity index (χ1n) is 6.82. The van der Waals surface area contributed by atoms with Crippen LogP contribution >= 0.6 is 0 Å². The van der Waals surface area contributed by atoms with Crippen LogP contribution in [0.15, 0.2) is 12.1 Å². The summed E-state index contributed by atoms with van der Waals surface area (Å²) in [6, 6.07) is -1.06. The molecule has 0 aliphatic rings. The molecule has 0 heterocycles. The number of hydrogen-bond donors (Lipinski definition) is 4. The predicted molar refractivity (Wildman–Crippen MR) is 73.8 cm³/mol. The lowest BCUT2D eigenvalue weighted by Gasteiger charge is -2.28. The van der Waals surface area contributed by atoms with Crippen LogP contribution in [0.4, 0.5) is 49.6 Å². The maximum Gasteiger partial charge on any atom is 0.489 e. The SMILES string of the molecule is NCC(=O)Nc1cc(C(F)(F)C(F)(F)F)cc(B(O)O)c1C(F)(F)C(F)(F)F. The standard InChI is InChI=1S/C12H9BF10N2O3/c14-9(15,11(18,19)20)4-1-5(13(27)28)8(10(16,17)12(21,22)23)6(2-4)25-7(26)3-24/h1-2,27-28H,3,24H2,(H,25,26). The number of rotatable bonds is 5. The molecule has 0 saturated heterocycles. The van der Waals surface area contributed by atoms with Gasteiger partial charge in [-0.3, -0.25) is 4.79 Å².